The molecular weight excluding hydrogens is 842 g/mol. The molecule has 2 amide bonds. The first-order chi connectivity index (χ1) is 28.2. The molecule has 6 heterocycles. The third kappa shape index (κ3) is 8.74. The van der Waals surface area contributed by atoms with Crippen molar-refractivity contribution in [1.29, 1.82) is 0 Å². The Morgan fingerprint density at radius 2 is 1.68 bits per heavy atom. The molecule has 24 heteroatoms. The van der Waals surface area contributed by atoms with Crippen molar-refractivity contribution in [2.45, 2.75) is 68.3 Å². The summed E-state index contributed by atoms with van der Waals surface area (Å²) in [4.78, 5) is 61.2. The molecule has 2 unspecified atom stereocenters. The van der Waals surface area contributed by atoms with Gasteiger partial charge in [0.05, 0.1) is 26.0 Å². The summed E-state index contributed by atoms with van der Waals surface area (Å²) in [5.74, 6) is -1.77. The normalized spacial score (nSPS) is 32.6. The van der Waals surface area contributed by atoms with Gasteiger partial charge >= 0.3 is 14.6 Å². The lowest BCUT2D eigenvalue weighted by Gasteiger charge is -2.31. The number of anilines is 2. The molecule has 2 aromatic heterocycles. The molecule has 2 aromatic carbocycles. The van der Waals surface area contributed by atoms with Gasteiger partial charge in [0.25, 0.3) is 5.91 Å². The number of nitrogens with one attached hydrogen (secondary N) is 1. The highest BCUT2D eigenvalue weighted by Crippen LogP contribution is 2.64. The van der Waals surface area contributed by atoms with Gasteiger partial charge in [-0.25, -0.2) is 32.9 Å². The Bertz CT molecular complexity index is 2400. The number of benzene rings is 2. The minimum Gasteiger partial charge on any atom is -0.382 e. The van der Waals surface area contributed by atoms with Gasteiger partial charge in [-0.3, -0.25) is 41.9 Å². The lowest BCUT2D eigenvalue weighted by Crippen LogP contribution is -2.46. The number of hydrogen-bond donors (Lipinski definition) is 3. The van der Waals surface area contributed by atoms with E-state index in [9.17, 15) is 28.4 Å². The quantitative estimate of drug-likeness (QED) is 0.170. The van der Waals surface area contributed by atoms with E-state index in [1.54, 1.807) is 36.4 Å². The van der Waals surface area contributed by atoms with Crippen LogP contribution in [0.25, 0.3) is 11.2 Å². The molecule has 3 saturated heterocycles. The van der Waals surface area contributed by atoms with Gasteiger partial charge in [-0.15, -0.1) is 0 Å². The zero-order valence-electron chi connectivity index (χ0n) is 30.7. The lowest BCUT2D eigenvalue weighted by atomic mass is 10.1. The topological polar surface area (TPSA) is 246 Å². The number of alkyl halides is 2. The minimum absolute atomic E-state index is 0.00620. The Labute approximate surface area is 337 Å². The van der Waals surface area contributed by atoms with E-state index in [4.69, 9.17) is 33.3 Å². The van der Waals surface area contributed by atoms with E-state index in [-0.39, 0.29) is 28.6 Å². The second kappa shape index (κ2) is 16.5. The zero-order chi connectivity index (χ0) is 41.6. The molecule has 8 rings (SSSR count). The second-order valence-corrected chi connectivity index (χ2v) is 19.2. The average Bonchev–Trinajstić information content (AvgIpc) is 3.86. The summed E-state index contributed by atoms with van der Waals surface area (Å²) in [6.07, 6.45) is -11.0. The predicted octanol–water partition coefficient (Wildman–Crippen LogP) is 4.54. The molecular formula is C35H35F2N7O12P2S. The maximum Gasteiger partial charge on any atom is 0.472 e. The number of ether oxygens (including phenoxy) is 2. The Balaban J connectivity index is 1.07. The van der Waals surface area contributed by atoms with Crippen LogP contribution in [0.3, 0.4) is 0 Å². The van der Waals surface area contributed by atoms with E-state index < -0.39 is 95.2 Å². The van der Waals surface area contributed by atoms with E-state index in [0.717, 1.165) is 29.1 Å². The number of hydrogen-bond acceptors (Lipinski definition) is 16. The van der Waals surface area contributed by atoms with Crippen LogP contribution in [0, 0.1) is 6.92 Å². The van der Waals surface area contributed by atoms with Gasteiger partial charge in [0, 0.05) is 23.2 Å². The number of phosphoric acid groups is 1. The number of nitrogens with two attached hydrogens (primary N) is 1. The number of allylic oxidation sites excluding steroid dienone is 1. The third-order valence-electron chi connectivity index (χ3n) is 9.72. The molecule has 0 spiro atoms. The smallest absolute Gasteiger partial charge is 0.382 e. The SMILES string of the molecule is Cc1ccc(C(=O)Nc2ccc(CSP3(=O)OC[C@H]4O[C@@H](N5C=CC(=O)CC5=O)[C@H](OP(=O)(O)OC[C@H]5O[C@@H](n6cnc7c(N)ncnc76)[C@H](F)[C@@H]5O3)[C@@H]4F)cc2)cc1. The molecule has 4 aliphatic rings. The largest absolute Gasteiger partial charge is 0.472 e. The van der Waals surface area contributed by atoms with Crippen molar-refractivity contribution in [1.82, 2.24) is 24.4 Å². The van der Waals surface area contributed by atoms with E-state index in [1.807, 2.05) is 19.1 Å². The Morgan fingerprint density at radius 3 is 2.42 bits per heavy atom. The number of aromatic nitrogens is 4. The van der Waals surface area contributed by atoms with E-state index in [2.05, 4.69) is 20.3 Å². The molecule has 59 heavy (non-hydrogen) atoms. The molecule has 19 nitrogen and oxygen atoms in total. The van der Waals surface area contributed by atoms with Crippen LogP contribution in [0.15, 0.2) is 73.5 Å². The Hall–Kier alpha value is -4.47. The zero-order valence-corrected chi connectivity index (χ0v) is 33.3. The molecule has 2 bridgehead atoms. The first kappa shape index (κ1) is 41.3. The lowest BCUT2D eigenvalue weighted by molar-refractivity contribution is -0.148. The number of nitrogen functional groups attached to an aromatic ring is 1. The summed E-state index contributed by atoms with van der Waals surface area (Å²) < 4.78 is 96.1. The monoisotopic (exact) mass is 877 g/mol. The van der Waals surface area contributed by atoms with E-state index >= 15 is 8.78 Å². The van der Waals surface area contributed by atoms with Gasteiger partial charge < -0.3 is 25.4 Å². The summed E-state index contributed by atoms with van der Waals surface area (Å²) in [5.41, 5.74) is 8.59. The van der Waals surface area contributed by atoms with Crippen LogP contribution in [0.4, 0.5) is 20.3 Å². The van der Waals surface area contributed by atoms with E-state index in [1.165, 1.54) is 10.9 Å². The number of rotatable bonds is 7. The van der Waals surface area contributed by atoms with Gasteiger partial charge in [-0.2, -0.15) is 0 Å². The van der Waals surface area contributed by atoms with Crippen molar-refractivity contribution >= 4 is 66.3 Å². The summed E-state index contributed by atoms with van der Waals surface area (Å²) in [6.45, 7) is -4.47. The Morgan fingerprint density at radius 1 is 0.949 bits per heavy atom. The standard InChI is InChI=1S/C35H35F2N7O12P2S/c1-18-2-6-20(7-3-18)33(47)42-21-8-4-19(5-9-21)15-59-58(50)52-13-23-26(36)30(35(53-23)43-11-10-22(45)12-25(43)46)55-57(48,49)51-14-24-29(56-58)27(37)34(54-24)44-17-41-28-31(38)39-16-40-32(28)44/h2-11,16-17,23-24,26-27,29-30,34-35H,12-15H2,1H3,(H,42,47)(H,48,49)(H2,38,39,40)/t23-,24-,26-,27-,29-,30-,34-,35-,58?/m1/s1. The Kier molecular flexibility index (Phi) is 11.6. The molecule has 4 N–H and O–H groups in total. The van der Waals surface area contributed by atoms with E-state index in [0.29, 0.717) is 28.2 Å². The highest BCUT2D eigenvalue weighted by atomic mass is 32.7. The van der Waals surface area contributed by atoms with Crippen LogP contribution in [0.5, 0.6) is 0 Å². The summed E-state index contributed by atoms with van der Waals surface area (Å²) in [7, 11) is -5.27. The number of fused-ring (bicyclic) bond motifs is 4. The van der Waals surface area contributed by atoms with Crippen molar-refractivity contribution in [2.75, 3.05) is 24.3 Å². The molecule has 4 aromatic rings. The molecule has 3 fully saturated rings. The van der Waals surface area contributed by atoms with Crippen LogP contribution >= 0.6 is 26.0 Å². The van der Waals surface area contributed by atoms with Crippen molar-refractivity contribution in [3.05, 3.63) is 90.2 Å². The number of carbonyl (C=O) groups excluding carboxylic acids is 3. The number of ketones is 1. The summed E-state index contributed by atoms with van der Waals surface area (Å²) in [6, 6.07) is 13.5. The number of phosphoric ester groups is 1. The third-order valence-corrected chi connectivity index (χ3v) is 14.4. The number of amides is 2. The van der Waals surface area contributed by atoms with Crippen molar-refractivity contribution < 1.29 is 64.8 Å². The summed E-state index contributed by atoms with van der Waals surface area (Å²) >= 11 is 0.615. The first-order valence-corrected chi connectivity index (χ1v) is 22.5. The number of carbonyl (C=O) groups is 3. The van der Waals surface area contributed by atoms with Crippen LogP contribution in [-0.4, -0.2) is 103 Å². The maximum absolute atomic E-state index is 16.7. The molecule has 0 radical (unpaired) electrons. The van der Waals surface area contributed by atoms with Gasteiger partial charge in [0.1, 0.15) is 36.3 Å². The molecule has 312 valence electrons. The fourth-order valence-electron chi connectivity index (χ4n) is 6.68. The minimum atomic E-state index is -5.27. The highest BCUT2D eigenvalue weighted by Gasteiger charge is 2.56. The van der Waals surface area contributed by atoms with Gasteiger partial charge in [0.2, 0.25) is 5.91 Å². The van der Waals surface area contributed by atoms with Gasteiger partial charge in [0.15, 0.2) is 42.0 Å². The van der Waals surface area contributed by atoms with Crippen molar-refractivity contribution in [3.63, 3.8) is 0 Å². The number of imidazole rings is 1. The van der Waals surface area contributed by atoms with Crippen molar-refractivity contribution in [3.8, 4) is 0 Å². The number of aryl methyl sites for hydroxylation is 1. The molecule has 4 aliphatic heterocycles. The average molecular weight is 878 g/mol. The number of nitrogens with zero attached hydrogens (tertiary/aromatic N) is 5. The fourth-order valence-corrected chi connectivity index (χ4v) is 11.0. The maximum atomic E-state index is 16.7. The molecule has 0 saturated carbocycles. The molecule has 0 aliphatic carbocycles. The van der Waals surface area contributed by atoms with Crippen LogP contribution < -0.4 is 11.1 Å². The predicted molar refractivity (Wildman–Crippen MR) is 204 cm³/mol. The summed E-state index contributed by atoms with van der Waals surface area (Å²) in [5, 5.41) is 2.80. The first-order valence-electron chi connectivity index (χ1n) is 17.9. The van der Waals surface area contributed by atoms with Gasteiger partial charge in [-0.1, -0.05) is 29.8 Å². The highest BCUT2D eigenvalue weighted by molar-refractivity contribution is 8.54. The van der Waals surface area contributed by atoms with Crippen LogP contribution in [0.2, 0.25) is 0 Å². The second-order valence-electron chi connectivity index (χ2n) is 13.8. The number of halogens is 2. The van der Waals surface area contributed by atoms with Crippen LogP contribution in [0.1, 0.15) is 34.1 Å². The van der Waals surface area contributed by atoms with Crippen LogP contribution in [-0.2, 0) is 52.0 Å². The molecule has 10 atom stereocenters. The fraction of sp³-hybridized carbons (Fsp3) is 0.371. The van der Waals surface area contributed by atoms with Gasteiger partial charge in [-0.05, 0) is 54.2 Å². The van der Waals surface area contributed by atoms with Crippen molar-refractivity contribution in [2.24, 2.45) is 0 Å².